The van der Waals surface area contributed by atoms with Crippen molar-refractivity contribution < 1.29 is 19.4 Å². The Bertz CT molecular complexity index is 342. The van der Waals surface area contributed by atoms with E-state index in [0.717, 1.165) is 39.3 Å². The first kappa shape index (κ1) is 15.7. The Hall–Kier alpha value is -0.690. The molecule has 2 heterocycles. The van der Waals surface area contributed by atoms with Crippen LogP contribution in [0.3, 0.4) is 0 Å². The maximum absolute atomic E-state index is 10.5. The summed E-state index contributed by atoms with van der Waals surface area (Å²) in [7, 11) is 0. The van der Waals surface area contributed by atoms with Gasteiger partial charge in [0, 0.05) is 38.8 Å². The maximum atomic E-state index is 10.5. The molecule has 0 spiro atoms. The van der Waals surface area contributed by atoms with Gasteiger partial charge < -0.3 is 14.6 Å². The summed E-state index contributed by atoms with van der Waals surface area (Å²) >= 11 is 0. The predicted octanol–water partition coefficient (Wildman–Crippen LogP) is 0.271. The van der Waals surface area contributed by atoms with Crippen molar-refractivity contribution in [1.29, 1.82) is 0 Å². The lowest BCUT2D eigenvalue weighted by atomic mass is 9.95. The van der Waals surface area contributed by atoms with Gasteiger partial charge in [-0.1, -0.05) is 0 Å². The number of carbonyl (C=O) groups is 1. The number of morpholine rings is 1. The van der Waals surface area contributed by atoms with Gasteiger partial charge in [-0.25, -0.2) is 4.79 Å². The second-order valence-electron chi connectivity index (χ2n) is 6.38. The van der Waals surface area contributed by atoms with Crippen LogP contribution in [0, 0.1) is 0 Å². The smallest absolute Gasteiger partial charge is 0.329 e. The van der Waals surface area contributed by atoms with Crippen LogP contribution in [0.25, 0.3) is 0 Å². The molecule has 1 atom stereocenters. The van der Waals surface area contributed by atoms with E-state index >= 15 is 0 Å². The van der Waals surface area contributed by atoms with Gasteiger partial charge in [-0.3, -0.25) is 9.80 Å². The third-order valence-corrected chi connectivity index (χ3v) is 4.02. The van der Waals surface area contributed by atoms with Crippen LogP contribution in [-0.2, 0) is 14.3 Å². The van der Waals surface area contributed by atoms with Crippen LogP contribution in [0.2, 0.25) is 0 Å². The zero-order valence-electron chi connectivity index (χ0n) is 12.7. The first-order valence-electron chi connectivity index (χ1n) is 7.32. The summed E-state index contributed by atoms with van der Waals surface area (Å²) in [6, 6.07) is 0.557. The topological polar surface area (TPSA) is 62.2 Å². The third kappa shape index (κ3) is 4.15. The molecule has 116 valence electrons. The average molecular weight is 286 g/mol. The van der Waals surface area contributed by atoms with Crippen molar-refractivity contribution in [2.24, 2.45) is 0 Å². The molecule has 0 saturated carbocycles. The monoisotopic (exact) mass is 286 g/mol. The van der Waals surface area contributed by atoms with Crippen molar-refractivity contribution in [3.05, 3.63) is 0 Å². The zero-order valence-corrected chi connectivity index (χ0v) is 12.7. The van der Waals surface area contributed by atoms with E-state index in [1.165, 1.54) is 0 Å². The Morgan fingerprint density at radius 1 is 1.50 bits per heavy atom. The van der Waals surface area contributed by atoms with Crippen molar-refractivity contribution in [1.82, 2.24) is 9.80 Å². The summed E-state index contributed by atoms with van der Waals surface area (Å²) < 4.78 is 11.2. The summed E-state index contributed by atoms with van der Waals surface area (Å²) in [4.78, 5) is 15.2. The van der Waals surface area contributed by atoms with E-state index in [2.05, 4.69) is 23.6 Å². The summed E-state index contributed by atoms with van der Waals surface area (Å²) in [5.41, 5.74) is -0.315. The molecular formula is C14H26N2O4. The quantitative estimate of drug-likeness (QED) is 0.756. The fourth-order valence-electron chi connectivity index (χ4n) is 2.97. The van der Waals surface area contributed by atoms with E-state index in [4.69, 9.17) is 14.6 Å². The van der Waals surface area contributed by atoms with E-state index < -0.39 is 5.97 Å². The number of rotatable bonds is 6. The number of carboxylic acid groups (broad SMARTS) is 1. The maximum Gasteiger partial charge on any atom is 0.329 e. The van der Waals surface area contributed by atoms with Crippen LogP contribution in [0.5, 0.6) is 0 Å². The highest BCUT2D eigenvalue weighted by atomic mass is 16.5. The van der Waals surface area contributed by atoms with Crippen molar-refractivity contribution in [2.45, 2.75) is 38.5 Å². The normalized spacial score (nSPS) is 27.5. The van der Waals surface area contributed by atoms with Crippen LogP contribution in [0.4, 0.5) is 0 Å². The zero-order chi connectivity index (χ0) is 14.8. The van der Waals surface area contributed by atoms with E-state index in [1.54, 1.807) is 0 Å². The van der Waals surface area contributed by atoms with Crippen LogP contribution in [-0.4, -0.2) is 84.6 Å². The van der Waals surface area contributed by atoms with Crippen molar-refractivity contribution in [2.75, 3.05) is 45.9 Å². The Balaban J connectivity index is 1.70. The number of nitrogens with zero attached hydrogens (tertiary/aromatic N) is 2. The number of hydrogen-bond acceptors (Lipinski definition) is 5. The lowest BCUT2D eigenvalue weighted by Crippen LogP contribution is -2.64. The van der Waals surface area contributed by atoms with Gasteiger partial charge in [0.05, 0.1) is 18.3 Å². The molecule has 0 amide bonds. The molecule has 6 heteroatoms. The van der Waals surface area contributed by atoms with Crippen LogP contribution in [0.15, 0.2) is 0 Å². The van der Waals surface area contributed by atoms with Gasteiger partial charge in [-0.15, -0.1) is 0 Å². The molecule has 0 aliphatic carbocycles. The third-order valence-electron chi connectivity index (χ3n) is 4.02. The standard InChI is InChI=1S/C14H26N2O4/c1-11(2)16-4-5-19-12(7-16)6-15-9-14(3,10-15)20-8-13(17)18/h11-12H,4-10H2,1-3H3,(H,17,18). The minimum Gasteiger partial charge on any atom is -0.480 e. The molecule has 2 aliphatic heterocycles. The fraction of sp³-hybridized carbons (Fsp3) is 0.929. The van der Waals surface area contributed by atoms with Crippen molar-refractivity contribution in [3.8, 4) is 0 Å². The number of hydrogen-bond donors (Lipinski definition) is 1. The van der Waals surface area contributed by atoms with Crippen LogP contribution in [0.1, 0.15) is 20.8 Å². The second-order valence-corrected chi connectivity index (χ2v) is 6.38. The van der Waals surface area contributed by atoms with Gasteiger partial charge >= 0.3 is 5.97 Å². The first-order chi connectivity index (χ1) is 9.38. The summed E-state index contributed by atoms with van der Waals surface area (Å²) in [6.07, 6.45) is 0.246. The summed E-state index contributed by atoms with van der Waals surface area (Å²) in [5, 5.41) is 8.64. The van der Waals surface area contributed by atoms with Crippen LogP contribution < -0.4 is 0 Å². The molecule has 2 fully saturated rings. The van der Waals surface area contributed by atoms with Gasteiger partial charge in [-0.2, -0.15) is 0 Å². The fourth-order valence-corrected chi connectivity index (χ4v) is 2.97. The molecule has 6 nitrogen and oxygen atoms in total. The molecule has 1 N–H and O–H groups in total. The summed E-state index contributed by atoms with van der Waals surface area (Å²) in [5.74, 6) is -0.909. The van der Waals surface area contributed by atoms with Crippen molar-refractivity contribution in [3.63, 3.8) is 0 Å². The number of carboxylic acids is 1. The SMILES string of the molecule is CC(C)N1CCOC(CN2CC(C)(OCC(=O)O)C2)C1. The average Bonchev–Trinajstić information content (AvgIpc) is 2.35. The molecule has 2 rings (SSSR count). The van der Waals surface area contributed by atoms with Crippen molar-refractivity contribution >= 4 is 5.97 Å². The highest BCUT2D eigenvalue weighted by Crippen LogP contribution is 2.25. The Labute approximate surface area is 120 Å². The van der Waals surface area contributed by atoms with E-state index in [0.29, 0.717) is 6.04 Å². The van der Waals surface area contributed by atoms with Gasteiger partial charge in [0.1, 0.15) is 6.61 Å². The Morgan fingerprint density at radius 2 is 2.20 bits per heavy atom. The Morgan fingerprint density at radius 3 is 2.80 bits per heavy atom. The minimum atomic E-state index is -0.909. The molecule has 2 aliphatic rings. The lowest BCUT2D eigenvalue weighted by Gasteiger charge is -2.49. The number of ether oxygens (including phenoxy) is 2. The largest absolute Gasteiger partial charge is 0.480 e. The first-order valence-corrected chi connectivity index (χ1v) is 7.32. The predicted molar refractivity (Wildman–Crippen MR) is 74.9 cm³/mol. The van der Waals surface area contributed by atoms with E-state index in [-0.39, 0.29) is 18.3 Å². The molecule has 0 aromatic carbocycles. The molecule has 0 radical (unpaired) electrons. The second kappa shape index (κ2) is 6.39. The molecule has 0 bridgehead atoms. The number of aliphatic carboxylic acids is 1. The molecule has 2 saturated heterocycles. The van der Waals surface area contributed by atoms with Gasteiger partial charge in [-0.05, 0) is 20.8 Å². The molecule has 1 unspecified atom stereocenters. The summed E-state index contributed by atoms with van der Waals surface area (Å²) in [6.45, 7) is 11.4. The van der Waals surface area contributed by atoms with E-state index in [9.17, 15) is 4.79 Å². The van der Waals surface area contributed by atoms with E-state index in [1.807, 2.05) is 6.92 Å². The van der Waals surface area contributed by atoms with Gasteiger partial charge in [0.2, 0.25) is 0 Å². The molecule has 20 heavy (non-hydrogen) atoms. The van der Waals surface area contributed by atoms with Crippen LogP contribution >= 0.6 is 0 Å². The molecular weight excluding hydrogens is 260 g/mol. The highest BCUT2D eigenvalue weighted by molar-refractivity contribution is 5.68. The van der Waals surface area contributed by atoms with Gasteiger partial charge in [0.15, 0.2) is 0 Å². The van der Waals surface area contributed by atoms with Gasteiger partial charge in [0.25, 0.3) is 0 Å². The molecule has 0 aromatic rings. The molecule has 0 aromatic heterocycles. The lowest BCUT2D eigenvalue weighted by molar-refractivity contribution is -0.170. The number of likely N-dealkylation sites (tertiary alicyclic amines) is 1. The Kier molecular flexibility index (Phi) is 5.01. The highest BCUT2D eigenvalue weighted by Gasteiger charge is 2.41. The minimum absolute atomic E-state index is 0.217.